The minimum absolute atomic E-state index is 0.00166. The Labute approximate surface area is 205 Å². The van der Waals surface area contributed by atoms with Crippen molar-refractivity contribution in [2.45, 2.75) is 45.6 Å². The van der Waals surface area contributed by atoms with Gasteiger partial charge in [-0.05, 0) is 55.2 Å². The van der Waals surface area contributed by atoms with E-state index in [9.17, 15) is 4.79 Å². The standard InChI is InChI=1S/C28H31N5O2/c1-19-23(20(2)33(32-19)16-6-15-29)13-14-28(34)31-17-25(21-9-11-22(35-3)12-10-21)26-18-30-27-8-5-4-7-24(26)27/h4-5,7-12,18,25,30H,6,13-14,16-17H2,1-3H3,(H,31,34). The fourth-order valence-electron chi connectivity index (χ4n) is 4.64. The Morgan fingerprint density at radius 1 is 1.20 bits per heavy atom. The highest BCUT2D eigenvalue weighted by atomic mass is 16.5. The largest absolute Gasteiger partial charge is 0.497 e. The monoisotopic (exact) mass is 469 g/mol. The highest BCUT2D eigenvalue weighted by Crippen LogP contribution is 2.31. The van der Waals surface area contributed by atoms with Gasteiger partial charge in [0.1, 0.15) is 5.75 Å². The lowest BCUT2D eigenvalue weighted by atomic mass is 9.90. The van der Waals surface area contributed by atoms with E-state index in [1.54, 1.807) is 7.11 Å². The number of nitriles is 1. The zero-order valence-corrected chi connectivity index (χ0v) is 20.5. The average Bonchev–Trinajstić information content (AvgIpc) is 3.42. The van der Waals surface area contributed by atoms with Crippen LogP contribution in [0.25, 0.3) is 10.9 Å². The summed E-state index contributed by atoms with van der Waals surface area (Å²) in [5, 5.41) is 17.7. The van der Waals surface area contributed by atoms with Gasteiger partial charge >= 0.3 is 0 Å². The minimum Gasteiger partial charge on any atom is -0.497 e. The molecule has 2 aromatic carbocycles. The Morgan fingerprint density at radius 2 is 1.97 bits per heavy atom. The maximum atomic E-state index is 12.9. The lowest BCUT2D eigenvalue weighted by molar-refractivity contribution is -0.121. The Bertz CT molecular complexity index is 1340. The number of carbonyl (C=O) groups excluding carboxylic acids is 1. The normalized spacial score (nSPS) is 11.8. The molecule has 2 N–H and O–H groups in total. The summed E-state index contributed by atoms with van der Waals surface area (Å²) in [5.41, 5.74) is 6.37. The number of hydrogen-bond donors (Lipinski definition) is 2. The second kappa shape index (κ2) is 10.9. The van der Waals surface area contributed by atoms with Crippen molar-refractivity contribution >= 4 is 16.8 Å². The van der Waals surface area contributed by atoms with Crippen LogP contribution in [-0.4, -0.2) is 34.3 Å². The predicted molar refractivity (Wildman–Crippen MR) is 136 cm³/mol. The van der Waals surface area contributed by atoms with E-state index in [0.717, 1.165) is 44.7 Å². The van der Waals surface area contributed by atoms with Gasteiger partial charge in [-0.2, -0.15) is 10.4 Å². The number of ether oxygens (including phenoxy) is 1. The fourth-order valence-corrected chi connectivity index (χ4v) is 4.64. The van der Waals surface area contributed by atoms with Crippen LogP contribution in [0.3, 0.4) is 0 Å². The van der Waals surface area contributed by atoms with Gasteiger partial charge in [0.25, 0.3) is 0 Å². The molecule has 35 heavy (non-hydrogen) atoms. The van der Waals surface area contributed by atoms with Gasteiger partial charge in [-0.15, -0.1) is 0 Å². The van der Waals surface area contributed by atoms with Crippen LogP contribution in [0, 0.1) is 25.2 Å². The first kappa shape index (κ1) is 24.1. The van der Waals surface area contributed by atoms with E-state index in [1.807, 2.05) is 49.0 Å². The average molecular weight is 470 g/mol. The van der Waals surface area contributed by atoms with Crippen molar-refractivity contribution in [2.75, 3.05) is 13.7 Å². The minimum atomic E-state index is -0.00166. The Kier molecular flexibility index (Phi) is 7.51. The van der Waals surface area contributed by atoms with Crippen LogP contribution >= 0.6 is 0 Å². The number of aromatic nitrogens is 3. The fraction of sp³-hybridized carbons (Fsp3) is 0.321. The number of para-hydroxylation sites is 1. The smallest absolute Gasteiger partial charge is 0.220 e. The van der Waals surface area contributed by atoms with Crippen molar-refractivity contribution in [3.63, 3.8) is 0 Å². The molecule has 0 aliphatic rings. The van der Waals surface area contributed by atoms with Crippen molar-refractivity contribution in [3.8, 4) is 11.8 Å². The highest BCUT2D eigenvalue weighted by molar-refractivity contribution is 5.84. The highest BCUT2D eigenvalue weighted by Gasteiger charge is 2.20. The number of carbonyl (C=O) groups is 1. The molecule has 0 spiro atoms. The number of hydrogen-bond acceptors (Lipinski definition) is 4. The SMILES string of the molecule is COc1ccc(C(CNC(=O)CCc2c(C)nn(CCC#N)c2C)c2c[nH]c3ccccc23)cc1. The first-order valence-electron chi connectivity index (χ1n) is 11.9. The molecule has 7 heteroatoms. The summed E-state index contributed by atoms with van der Waals surface area (Å²) in [4.78, 5) is 16.2. The molecule has 0 aliphatic carbocycles. The molecule has 2 heterocycles. The summed E-state index contributed by atoms with van der Waals surface area (Å²) in [5.74, 6) is 0.807. The lowest BCUT2D eigenvalue weighted by Crippen LogP contribution is -2.29. The third kappa shape index (κ3) is 5.38. The van der Waals surface area contributed by atoms with Crippen molar-refractivity contribution in [2.24, 2.45) is 0 Å². The summed E-state index contributed by atoms with van der Waals surface area (Å²) in [6, 6.07) is 18.4. The number of H-pyrrole nitrogens is 1. The number of nitrogens with one attached hydrogen (secondary N) is 2. The summed E-state index contributed by atoms with van der Waals surface area (Å²) >= 11 is 0. The number of benzene rings is 2. The van der Waals surface area contributed by atoms with Crippen LogP contribution < -0.4 is 10.1 Å². The van der Waals surface area contributed by atoms with E-state index in [0.29, 0.717) is 32.4 Å². The summed E-state index contributed by atoms with van der Waals surface area (Å²) < 4.78 is 7.19. The molecule has 1 unspecified atom stereocenters. The molecule has 0 aliphatic heterocycles. The molecular weight excluding hydrogens is 438 g/mol. The van der Waals surface area contributed by atoms with Gasteiger partial charge in [-0.25, -0.2) is 0 Å². The number of aromatic amines is 1. The number of methoxy groups -OCH3 is 1. The first-order chi connectivity index (χ1) is 17.0. The van der Waals surface area contributed by atoms with Crippen LogP contribution in [-0.2, 0) is 17.8 Å². The van der Waals surface area contributed by atoms with Crippen LogP contribution in [0.1, 0.15) is 46.8 Å². The van der Waals surface area contributed by atoms with E-state index in [1.165, 1.54) is 0 Å². The van der Waals surface area contributed by atoms with E-state index in [2.05, 4.69) is 45.7 Å². The quantitative estimate of drug-likeness (QED) is 0.349. The molecule has 7 nitrogen and oxygen atoms in total. The zero-order chi connectivity index (χ0) is 24.8. The van der Waals surface area contributed by atoms with Gasteiger partial charge in [0.15, 0.2) is 0 Å². The molecule has 0 saturated carbocycles. The van der Waals surface area contributed by atoms with Crippen molar-refractivity contribution in [3.05, 3.63) is 82.8 Å². The van der Waals surface area contributed by atoms with E-state index in [4.69, 9.17) is 10.00 Å². The van der Waals surface area contributed by atoms with E-state index < -0.39 is 0 Å². The van der Waals surface area contributed by atoms with E-state index >= 15 is 0 Å². The van der Waals surface area contributed by atoms with Crippen LogP contribution in [0.4, 0.5) is 0 Å². The van der Waals surface area contributed by atoms with Crippen LogP contribution in [0.5, 0.6) is 5.75 Å². The molecular formula is C28H31N5O2. The zero-order valence-electron chi connectivity index (χ0n) is 20.5. The Morgan fingerprint density at radius 3 is 2.71 bits per heavy atom. The van der Waals surface area contributed by atoms with Gasteiger partial charge in [0.05, 0.1) is 31.8 Å². The Balaban J connectivity index is 1.48. The number of amides is 1. The van der Waals surface area contributed by atoms with Gasteiger partial charge < -0.3 is 15.0 Å². The number of aryl methyl sites for hydroxylation is 2. The maximum Gasteiger partial charge on any atom is 0.220 e. The molecule has 1 atom stereocenters. The van der Waals surface area contributed by atoms with E-state index in [-0.39, 0.29) is 11.8 Å². The molecule has 4 rings (SSSR count). The summed E-state index contributed by atoms with van der Waals surface area (Å²) in [6.07, 6.45) is 3.46. The predicted octanol–water partition coefficient (Wildman–Crippen LogP) is 4.78. The third-order valence-corrected chi connectivity index (χ3v) is 6.59. The third-order valence-electron chi connectivity index (χ3n) is 6.59. The second-order valence-corrected chi connectivity index (χ2v) is 8.70. The molecule has 0 fully saturated rings. The van der Waals surface area contributed by atoms with Gasteiger partial charge in [0.2, 0.25) is 5.91 Å². The summed E-state index contributed by atoms with van der Waals surface area (Å²) in [7, 11) is 1.66. The van der Waals surface area contributed by atoms with Gasteiger partial charge in [-0.1, -0.05) is 30.3 Å². The molecule has 1 amide bonds. The number of nitrogens with zero attached hydrogens (tertiary/aromatic N) is 3. The molecule has 4 aromatic rings. The van der Waals surface area contributed by atoms with Gasteiger partial charge in [0, 0.05) is 41.7 Å². The van der Waals surface area contributed by atoms with Crippen LogP contribution in [0.2, 0.25) is 0 Å². The van der Waals surface area contributed by atoms with Crippen molar-refractivity contribution in [1.82, 2.24) is 20.1 Å². The lowest BCUT2D eigenvalue weighted by Gasteiger charge is -2.19. The van der Waals surface area contributed by atoms with Crippen LogP contribution in [0.15, 0.2) is 54.7 Å². The molecule has 0 radical (unpaired) electrons. The molecule has 2 aromatic heterocycles. The second-order valence-electron chi connectivity index (χ2n) is 8.70. The summed E-state index contributed by atoms with van der Waals surface area (Å²) in [6.45, 7) is 5.02. The van der Waals surface area contributed by atoms with Crippen molar-refractivity contribution < 1.29 is 9.53 Å². The molecule has 0 bridgehead atoms. The molecule has 180 valence electrons. The first-order valence-corrected chi connectivity index (χ1v) is 11.9. The molecule has 0 saturated heterocycles. The topological polar surface area (TPSA) is 95.7 Å². The van der Waals surface area contributed by atoms with Gasteiger partial charge in [-0.3, -0.25) is 9.48 Å². The number of fused-ring (bicyclic) bond motifs is 1. The van der Waals surface area contributed by atoms with Crippen molar-refractivity contribution in [1.29, 1.82) is 5.26 Å². The number of rotatable bonds is 10. The Hall–Kier alpha value is -4.05. The maximum absolute atomic E-state index is 12.9.